The Morgan fingerprint density at radius 1 is 1.28 bits per heavy atom. The Balaban J connectivity index is 1.37. The molecule has 3 heterocycles. The number of hydrogen-bond donors (Lipinski definition) is 3. The van der Waals surface area contributed by atoms with Crippen LogP contribution in [0.3, 0.4) is 0 Å². The summed E-state index contributed by atoms with van der Waals surface area (Å²) in [6, 6.07) is 5.66. The Bertz CT molecular complexity index is 753. The van der Waals surface area contributed by atoms with Gasteiger partial charge in [0.15, 0.2) is 0 Å². The van der Waals surface area contributed by atoms with Gasteiger partial charge in [0.1, 0.15) is 11.9 Å². The molecule has 0 spiro atoms. The predicted molar refractivity (Wildman–Crippen MR) is 88.8 cm³/mol. The van der Waals surface area contributed by atoms with E-state index in [1.165, 1.54) is 12.1 Å². The number of fused-ring (bicyclic) bond motifs is 1. The highest BCUT2D eigenvalue weighted by Gasteiger charge is 2.35. The van der Waals surface area contributed by atoms with Crippen LogP contribution >= 0.6 is 0 Å². The van der Waals surface area contributed by atoms with Gasteiger partial charge in [-0.15, -0.1) is 0 Å². The summed E-state index contributed by atoms with van der Waals surface area (Å²) in [6.45, 7) is 1.87. The molecular formula is C18H21FN4O2. The summed E-state index contributed by atoms with van der Waals surface area (Å²) in [5, 5.41) is 20.6. The number of likely N-dealkylation sites (tertiary alicyclic amines) is 1. The molecule has 1 amide bonds. The lowest BCUT2D eigenvalue weighted by Gasteiger charge is -2.35. The third-order valence-electron chi connectivity index (χ3n) is 5.30. The van der Waals surface area contributed by atoms with Gasteiger partial charge in [-0.1, -0.05) is 12.1 Å². The Hall–Kier alpha value is -2.25. The topological polar surface area (TPSA) is 81.2 Å². The zero-order valence-corrected chi connectivity index (χ0v) is 13.8. The molecule has 0 saturated carbocycles. The van der Waals surface area contributed by atoms with E-state index in [1.54, 1.807) is 18.3 Å². The summed E-state index contributed by atoms with van der Waals surface area (Å²) in [4.78, 5) is 14.6. The van der Waals surface area contributed by atoms with E-state index >= 15 is 0 Å². The summed E-state index contributed by atoms with van der Waals surface area (Å²) < 4.78 is 13.0. The number of aromatic amines is 1. The van der Waals surface area contributed by atoms with Crippen LogP contribution in [0, 0.1) is 11.7 Å². The number of carbonyl (C=O) groups is 1. The van der Waals surface area contributed by atoms with Gasteiger partial charge >= 0.3 is 0 Å². The van der Waals surface area contributed by atoms with Crippen molar-refractivity contribution in [3.05, 3.63) is 53.1 Å². The number of nitrogens with zero attached hydrogens (tertiary/aromatic N) is 2. The first-order valence-corrected chi connectivity index (χ1v) is 8.61. The Morgan fingerprint density at radius 3 is 2.72 bits per heavy atom. The molecule has 0 aliphatic carbocycles. The smallest absolute Gasteiger partial charge is 0.244 e. The van der Waals surface area contributed by atoms with Crippen LogP contribution in [0.5, 0.6) is 0 Å². The second-order valence-electron chi connectivity index (χ2n) is 6.78. The van der Waals surface area contributed by atoms with Crippen LogP contribution in [0.4, 0.5) is 4.39 Å². The highest BCUT2D eigenvalue weighted by Crippen LogP contribution is 2.32. The first-order chi connectivity index (χ1) is 12.1. The minimum Gasteiger partial charge on any atom is -0.388 e. The molecule has 2 aliphatic heterocycles. The fourth-order valence-corrected chi connectivity index (χ4v) is 3.80. The van der Waals surface area contributed by atoms with Crippen molar-refractivity contribution < 1.29 is 14.3 Å². The van der Waals surface area contributed by atoms with Crippen molar-refractivity contribution in [1.82, 2.24) is 20.4 Å². The van der Waals surface area contributed by atoms with Crippen LogP contribution in [0.1, 0.15) is 41.8 Å². The van der Waals surface area contributed by atoms with E-state index in [0.717, 1.165) is 29.7 Å². The van der Waals surface area contributed by atoms with Crippen LogP contribution in [-0.2, 0) is 11.3 Å². The lowest BCUT2D eigenvalue weighted by molar-refractivity contribution is -0.135. The maximum Gasteiger partial charge on any atom is 0.244 e. The van der Waals surface area contributed by atoms with Gasteiger partial charge in [-0.25, -0.2) is 4.39 Å². The molecule has 1 aromatic carbocycles. The summed E-state index contributed by atoms with van der Waals surface area (Å²) in [5.74, 6) is -0.163. The van der Waals surface area contributed by atoms with Crippen LogP contribution in [0.2, 0.25) is 0 Å². The molecule has 2 unspecified atom stereocenters. The van der Waals surface area contributed by atoms with Crippen molar-refractivity contribution in [3.63, 3.8) is 0 Å². The minimum atomic E-state index is -0.622. The van der Waals surface area contributed by atoms with E-state index in [4.69, 9.17) is 0 Å². The first-order valence-electron chi connectivity index (χ1n) is 8.61. The average molecular weight is 344 g/mol. The van der Waals surface area contributed by atoms with Gasteiger partial charge in [0.2, 0.25) is 5.91 Å². The largest absolute Gasteiger partial charge is 0.388 e. The monoisotopic (exact) mass is 344 g/mol. The third kappa shape index (κ3) is 3.05. The van der Waals surface area contributed by atoms with Gasteiger partial charge in [-0.2, -0.15) is 5.10 Å². The minimum absolute atomic E-state index is 0.0647. The lowest BCUT2D eigenvalue weighted by Crippen LogP contribution is -2.44. The summed E-state index contributed by atoms with van der Waals surface area (Å²) in [6.07, 6.45) is 2.55. The number of amides is 1. The summed E-state index contributed by atoms with van der Waals surface area (Å²) >= 11 is 0. The van der Waals surface area contributed by atoms with E-state index < -0.39 is 6.10 Å². The lowest BCUT2D eigenvalue weighted by atomic mass is 9.87. The van der Waals surface area contributed by atoms with Crippen molar-refractivity contribution in [2.45, 2.75) is 31.5 Å². The number of piperidine rings is 1. The quantitative estimate of drug-likeness (QED) is 0.791. The number of carbonyl (C=O) groups excluding carboxylic acids is 1. The summed E-state index contributed by atoms with van der Waals surface area (Å²) in [7, 11) is 0. The molecule has 7 heteroatoms. The molecule has 132 valence electrons. The number of H-pyrrole nitrogens is 1. The fourth-order valence-electron chi connectivity index (χ4n) is 3.80. The number of rotatable bonds is 3. The van der Waals surface area contributed by atoms with Crippen molar-refractivity contribution >= 4 is 5.91 Å². The second-order valence-corrected chi connectivity index (χ2v) is 6.78. The van der Waals surface area contributed by atoms with Gasteiger partial charge in [-0.05, 0) is 36.5 Å². The number of aliphatic hydroxyl groups is 1. The molecule has 0 radical (unpaired) electrons. The van der Waals surface area contributed by atoms with Crippen LogP contribution in [-0.4, -0.2) is 39.2 Å². The molecule has 6 nitrogen and oxygen atoms in total. The molecule has 2 aromatic rings. The molecule has 1 fully saturated rings. The van der Waals surface area contributed by atoms with Crippen molar-refractivity contribution in [3.8, 4) is 0 Å². The van der Waals surface area contributed by atoms with Crippen molar-refractivity contribution in [2.75, 3.05) is 13.1 Å². The van der Waals surface area contributed by atoms with Crippen LogP contribution in [0.15, 0.2) is 30.5 Å². The number of hydrogen-bond acceptors (Lipinski definition) is 4. The average Bonchev–Trinajstić information content (AvgIpc) is 3.25. The predicted octanol–water partition coefficient (Wildman–Crippen LogP) is 1.67. The van der Waals surface area contributed by atoms with Crippen LogP contribution < -0.4 is 5.32 Å². The second kappa shape index (κ2) is 6.57. The standard InChI is InChI=1S/C18H21FN4O2/c19-13-3-1-11(2-4-13)17(24)12-5-7-23(8-6-12)18(25)16-14-9-21-22-15(14)10-20-16/h1-4,9,12,16-17,20,24H,5-8,10H2,(H,21,22). The highest BCUT2D eigenvalue weighted by molar-refractivity contribution is 5.84. The summed E-state index contributed by atoms with van der Waals surface area (Å²) in [5.41, 5.74) is 2.63. The SMILES string of the molecule is O=C(C1NCc2[nH]ncc21)N1CCC(C(O)c2ccc(F)cc2)CC1. The Labute approximate surface area is 145 Å². The maximum atomic E-state index is 13.0. The normalized spacial score (nSPS) is 22.0. The molecule has 2 atom stereocenters. The molecule has 0 bridgehead atoms. The van der Waals surface area contributed by atoms with Crippen molar-refractivity contribution in [2.24, 2.45) is 5.92 Å². The number of benzene rings is 1. The molecule has 1 aromatic heterocycles. The Morgan fingerprint density at radius 2 is 2.00 bits per heavy atom. The molecule has 25 heavy (non-hydrogen) atoms. The van der Waals surface area contributed by atoms with Crippen molar-refractivity contribution in [1.29, 1.82) is 0 Å². The molecule has 2 aliphatic rings. The van der Waals surface area contributed by atoms with Gasteiger partial charge in [0, 0.05) is 25.2 Å². The number of halogens is 1. The molecule has 1 saturated heterocycles. The van der Waals surface area contributed by atoms with E-state index in [-0.39, 0.29) is 23.7 Å². The fraction of sp³-hybridized carbons (Fsp3) is 0.444. The molecular weight excluding hydrogens is 323 g/mol. The third-order valence-corrected chi connectivity index (χ3v) is 5.30. The number of aliphatic hydroxyl groups excluding tert-OH is 1. The van der Waals surface area contributed by atoms with Gasteiger partial charge < -0.3 is 10.0 Å². The van der Waals surface area contributed by atoms with Gasteiger partial charge in [0.25, 0.3) is 0 Å². The van der Waals surface area contributed by atoms with Gasteiger partial charge in [0.05, 0.1) is 18.0 Å². The molecule has 4 rings (SSSR count). The maximum absolute atomic E-state index is 13.0. The van der Waals surface area contributed by atoms with E-state index in [9.17, 15) is 14.3 Å². The highest BCUT2D eigenvalue weighted by atomic mass is 19.1. The molecule has 3 N–H and O–H groups in total. The van der Waals surface area contributed by atoms with Crippen LogP contribution in [0.25, 0.3) is 0 Å². The zero-order chi connectivity index (χ0) is 17.4. The van der Waals surface area contributed by atoms with E-state index in [0.29, 0.717) is 19.6 Å². The Kier molecular flexibility index (Phi) is 4.27. The number of nitrogens with one attached hydrogen (secondary N) is 2. The van der Waals surface area contributed by atoms with E-state index in [1.807, 2.05) is 4.90 Å². The number of aromatic nitrogens is 2. The van der Waals surface area contributed by atoms with Gasteiger partial charge in [-0.3, -0.25) is 15.2 Å². The zero-order valence-electron chi connectivity index (χ0n) is 13.8. The van der Waals surface area contributed by atoms with E-state index in [2.05, 4.69) is 15.5 Å². The first kappa shape index (κ1) is 16.2.